The number of piperidine rings is 1. The summed E-state index contributed by atoms with van der Waals surface area (Å²) in [5.74, 6) is 0.0231. The lowest BCUT2D eigenvalue weighted by molar-refractivity contribution is -0.139. The zero-order valence-electron chi connectivity index (χ0n) is 20.8. The molecule has 3 atom stereocenters. The molecule has 0 spiro atoms. The molecule has 2 aromatic rings. The third kappa shape index (κ3) is 6.02. The van der Waals surface area contributed by atoms with Crippen LogP contribution in [0.2, 0.25) is 0 Å². The smallest absolute Gasteiger partial charge is 0.260 e. The number of hydrogen-bond donors (Lipinski definition) is 1. The SMILES string of the molecule is Cc1ccc(CNC(=O)[C@H]2CC(=O)N(c3ccc(OCC(=O)N4[C@H](C)CCC[C@@H]4C)cc3)C2)cc1. The van der Waals surface area contributed by atoms with Gasteiger partial charge in [-0.2, -0.15) is 0 Å². The Morgan fingerprint density at radius 1 is 1.00 bits per heavy atom. The fourth-order valence-electron chi connectivity index (χ4n) is 5.03. The van der Waals surface area contributed by atoms with Crippen LogP contribution in [0.3, 0.4) is 0 Å². The third-order valence-corrected chi connectivity index (χ3v) is 7.08. The van der Waals surface area contributed by atoms with Crippen LogP contribution in [0.4, 0.5) is 5.69 Å². The van der Waals surface area contributed by atoms with Crippen molar-refractivity contribution in [3.05, 3.63) is 59.7 Å². The minimum Gasteiger partial charge on any atom is -0.484 e. The molecule has 7 nitrogen and oxygen atoms in total. The van der Waals surface area contributed by atoms with Crippen LogP contribution in [0.5, 0.6) is 5.75 Å². The average molecular weight is 478 g/mol. The van der Waals surface area contributed by atoms with E-state index >= 15 is 0 Å². The zero-order valence-corrected chi connectivity index (χ0v) is 20.8. The highest BCUT2D eigenvalue weighted by Gasteiger charge is 2.35. The summed E-state index contributed by atoms with van der Waals surface area (Å²) < 4.78 is 5.74. The molecule has 2 aliphatic heterocycles. The number of ether oxygens (including phenoxy) is 1. The number of hydrogen-bond acceptors (Lipinski definition) is 4. The number of carbonyl (C=O) groups is 3. The molecule has 0 bridgehead atoms. The molecule has 186 valence electrons. The van der Waals surface area contributed by atoms with E-state index in [2.05, 4.69) is 19.2 Å². The van der Waals surface area contributed by atoms with Crippen LogP contribution >= 0.6 is 0 Å². The van der Waals surface area contributed by atoms with Gasteiger partial charge in [0.2, 0.25) is 11.8 Å². The Morgan fingerprint density at radius 2 is 1.66 bits per heavy atom. The Bertz CT molecular complexity index is 1040. The monoisotopic (exact) mass is 477 g/mol. The number of likely N-dealkylation sites (tertiary alicyclic amines) is 1. The van der Waals surface area contributed by atoms with Crippen molar-refractivity contribution in [3.63, 3.8) is 0 Å². The number of nitrogens with one attached hydrogen (secondary N) is 1. The Kier molecular flexibility index (Phi) is 7.73. The highest BCUT2D eigenvalue weighted by molar-refractivity contribution is 6.00. The van der Waals surface area contributed by atoms with Crippen molar-refractivity contribution in [2.24, 2.45) is 5.92 Å². The van der Waals surface area contributed by atoms with Crippen molar-refractivity contribution >= 4 is 23.4 Å². The fraction of sp³-hybridized carbons (Fsp3) is 0.464. The molecule has 35 heavy (non-hydrogen) atoms. The Labute approximate surface area is 207 Å². The highest BCUT2D eigenvalue weighted by Crippen LogP contribution is 2.27. The van der Waals surface area contributed by atoms with E-state index < -0.39 is 0 Å². The molecule has 7 heteroatoms. The molecule has 4 rings (SSSR count). The first-order chi connectivity index (χ1) is 16.8. The molecule has 2 fully saturated rings. The molecule has 1 N–H and O–H groups in total. The van der Waals surface area contributed by atoms with Gasteiger partial charge in [-0.3, -0.25) is 14.4 Å². The average Bonchev–Trinajstić information content (AvgIpc) is 3.24. The molecule has 2 heterocycles. The first-order valence-corrected chi connectivity index (χ1v) is 12.5. The largest absolute Gasteiger partial charge is 0.484 e. The topological polar surface area (TPSA) is 79.0 Å². The predicted molar refractivity (Wildman–Crippen MR) is 135 cm³/mol. The molecule has 0 radical (unpaired) electrons. The first kappa shape index (κ1) is 24.8. The van der Waals surface area contributed by atoms with Gasteiger partial charge in [0.25, 0.3) is 5.91 Å². The lowest BCUT2D eigenvalue weighted by Crippen LogP contribution is -2.49. The summed E-state index contributed by atoms with van der Waals surface area (Å²) in [4.78, 5) is 41.5. The van der Waals surface area contributed by atoms with Gasteiger partial charge >= 0.3 is 0 Å². The van der Waals surface area contributed by atoms with Gasteiger partial charge in [0, 0.05) is 37.3 Å². The summed E-state index contributed by atoms with van der Waals surface area (Å²) in [6.07, 6.45) is 3.40. The number of aryl methyl sites for hydroxylation is 1. The van der Waals surface area contributed by atoms with Crippen molar-refractivity contribution in [2.75, 3.05) is 18.1 Å². The van der Waals surface area contributed by atoms with E-state index in [9.17, 15) is 14.4 Å². The highest BCUT2D eigenvalue weighted by atomic mass is 16.5. The van der Waals surface area contributed by atoms with E-state index in [1.807, 2.05) is 36.1 Å². The first-order valence-electron chi connectivity index (χ1n) is 12.5. The van der Waals surface area contributed by atoms with Crippen LogP contribution < -0.4 is 15.0 Å². The van der Waals surface area contributed by atoms with Crippen LogP contribution in [0.1, 0.15) is 50.7 Å². The second kappa shape index (κ2) is 10.9. The Hall–Kier alpha value is -3.35. The van der Waals surface area contributed by atoms with E-state index in [4.69, 9.17) is 4.74 Å². The summed E-state index contributed by atoms with van der Waals surface area (Å²) in [5.41, 5.74) is 2.93. The van der Waals surface area contributed by atoms with Crippen molar-refractivity contribution < 1.29 is 19.1 Å². The van der Waals surface area contributed by atoms with Gasteiger partial charge < -0.3 is 19.9 Å². The molecule has 0 saturated carbocycles. The number of rotatable bonds is 7. The van der Waals surface area contributed by atoms with Crippen LogP contribution in [0.25, 0.3) is 0 Å². The van der Waals surface area contributed by atoms with Crippen LogP contribution in [-0.2, 0) is 20.9 Å². The second-order valence-electron chi connectivity index (χ2n) is 9.82. The summed E-state index contributed by atoms with van der Waals surface area (Å²) in [6.45, 7) is 7.00. The maximum Gasteiger partial charge on any atom is 0.260 e. The number of anilines is 1. The van der Waals surface area contributed by atoms with Crippen molar-refractivity contribution in [1.29, 1.82) is 0 Å². The quantitative estimate of drug-likeness (QED) is 0.657. The Morgan fingerprint density at radius 3 is 2.31 bits per heavy atom. The van der Waals surface area contributed by atoms with Crippen LogP contribution in [0, 0.1) is 12.8 Å². The lowest BCUT2D eigenvalue weighted by Gasteiger charge is -2.38. The van der Waals surface area contributed by atoms with E-state index in [1.165, 1.54) is 5.56 Å². The molecule has 2 aromatic carbocycles. The molecule has 0 unspecified atom stereocenters. The number of carbonyl (C=O) groups excluding carboxylic acids is 3. The minimum absolute atomic E-state index is 0.0000995. The van der Waals surface area contributed by atoms with Gasteiger partial charge in [0.1, 0.15) is 5.75 Å². The molecular weight excluding hydrogens is 442 g/mol. The minimum atomic E-state index is -0.380. The maximum absolute atomic E-state index is 12.7. The molecule has 0 aromatic heterocycles. The molecule has 3 amide bonds. The molecule has 2 aliphatic rings. The van der Waals surface area contributed by atoms with Crippen LogP contribution in [0.15, 0.2) is 48.5 Å². The second-order valence-corrected chi connectivity index (χ2v) is 9.82. The third-order valence-electron chi connectivity index (χ3n) is 7.08. The van der Waals surface area contributed by atoms with E-state index in [0.29, 0.717) is 18.8 Å². The van der Waals surface area contributed by atoms with Gasteiger partial charge in [-0.1, -0.05) is 29.8 Å². The van der Waals surface area contributed by atoms with E-state index in [0.717, 1.165) is 30.5 Å². The van der Waals surface area contributed by atoms with Gasteiger partial charge in [-0.05, 0) is 69.9 Å². The zero-order chi connectivity index (χ0) is 24.9. The summed E-state index contributed by atoms with van der Waals surface area (Å²) >= 11 is 0. The summed E-state index contributed by atoms with van der Waals surface area (Å²) in [7, 11) is 0. The Balaban J connectivity index is 1.28. The van der Waals surface area contributed by atoms with Crippen molar-refractivity contribution in [1.82, 2.24) is 10.2 Å². The number of nitrogens with zero attached hydrogens (tertiary/aromatic N) is 2. The fourth-order valence-corrected chi connectivity index (χ4v) is 5.03. The predicted octanol–water partition coefficient (Wildman–Crippen LogP) is 3.83. The maximum atomic E-state index is 12.7. The summed E-state index contributed by atoms with van der Waals surface area (Å²) in [5, 5.41) is 2.95. The van der Waals surface area contributed by atoms with Crippen molar-refractivity contribution in [2.45, 2.75) is 65.1 Å². The standard InChI is InChI=1S/C28H35N3O4/c1-19-7-9-22(10-8-19)16-29-28(34)23-15-26(32)30(17-23)24-11-13-25(14-12-24)35-18-27(33)31-20(2)5-4-6-21(31)3/h7-14,20-21,23H,4-6,15-18H2,1-3H3,(H,29,34)/t20-,21+,23-/m0/s1. The van der Waals surface area contributed by atoms with Crippen molar-refractivity contribution in [3.8, 4) is 5.75 Å². The lowest BCUT2D eigenvalue weighted by atomic mass is 9.97. The van der Waals surface area contributed by atoms with Gasteiger partial charge in [-0.25, -0.2) is 0 Å². The van der Waals surface area contributed by atoms with Gasteiger partial charge in [-0.15, -0.1) is 0 Å². The van der Waals surface area contributed by atoms with Crippen LogP contribution in [-0.4, -0.2) is 47.9 Å². The van der Waals surface area contributed by atoms with Gasteiger partial charge in [0.15, 0.2) is 6.61 Å². The summed E-state index contributed by atoms with van der Waals surface area (Å²) in [6, 6.07) is 15.6. The van der Waals surface area contributed by atoms with E-state index in [-0.39, 0.29) is 48.8 Å². The molecular formula is C28H35N3O4. The van der Waals surface area contributed by atoms with Gasteiger partial charge in [0.05, 0.1) is 5.92 Å². The molecule has 2 saturated heterocycles. The normalized spacial score (nSPS) is 22.3. The molecule has 0 aliphatic carbocycles. The number of amides is 3. The number of benzene rings is 2. The van der Waals surface area contributed by atoms with E-state index in [1.54, 1.807) is 29.2 Å².